The fraction of sp³-hybridized carbons (Fsp3) is 0.667. The summed E-state index contributed by atoms with van der Waals surface area (Å²) in [6, 6.07) is 0. The van der Waals surface area contributed by atoms with E-state index >= 15 is 0 Å². The molecule has 1 aliphatic heterocycles. The molecule has 2 rings (SSSR count). The molecule has 1 amide bonds. The SMILES string of the molecule is Cc1nn(C)c(C(=O)N2CC(C)SC(C)C2)c1N. The number of rotatable bonds is 1. The Balaban J connectivity index is 2.25. The van der Waals surface area contributed by atoms with E-state index in [0.29, 0.717) is 27.6 Å². The van der Waals surface area contributed by atoms with Crippen LogP contribution in [0.15, 0.2) is 0 Å². The largest absolute Gasteiger partial charge is 0.395 e. The van der Waals surface area contributed by atoms with Crippen LogP contribution < -0.4 is 5.73 Å². The number of aromatic nitrogens is 2. The van der Waals surface area contributed by atoms with Gasteiger partial charge in [-0.1, -0.05) is 13.8 Å². The van der Waals surface area contributed by atoms with Gasteiger partial charge in [0, 0.05) is 30.6 Å². The number of nitrogen functional groups attached to an aromatic ring is 1. The molecular formula is C12H20N4OS. The molecule has 0 bridgehead atoms. The first-order valence-electron chi connectivity index (χ1n) is 6.14. The van der Waals surface area contributed by atoms with E-state index in [1.54, 1.807) is 11.7 Å². The number of nitrogens with zero attached hydrogens (tertiary/aromatic N) is 3. The van der Waals surface area contributed by atoms with E-state index in [-0.39, 0.29) is 5.91 Å². The van der Waals surface area contributed by atoms with Crippen LogP contribution in [0.4, 0.5) is 5.69 Å². The molecule has 1 saturated heterocycles. The second-order valence-electron chi connectivity index (χ2n) is 4.94. The Bertz CT molecular complexity index is 461. The number of carbonyl (C=O) groups excluding carboxylic acids is 1. The topological polar surface area (TPSA) is 64.2 Å². The Kier molecular flexibility index (Phi) is 3.56. The Morgan fingerprint density at radius 1 is 1.39 bits per heavy atom. The van der Waals surface area contributed by atoms with Crippen LogP contribution in [-0.4, -0.2) is 44.2 Å². The zero-order chi connectivity index (χ0) is 13.4. The first-order chi connectivity index (χ1) is 8.40. The van der Waals surface area contributed by atoms with Gasteiger partial charge in [0.1, 0.15) is 5.69 Å². The van der Waals surface area contributed by atoms with Crippen molar-refractivity contribution in [1.29, 1.82) is 0 Å². The zero-order valence-electron chi connectivity index (χ0n) is 11.3. The number of hydrogen-bond acceptors (Lipinski definition) is 4. The summed E-state index contributed by atoms with van der Waals surface area (Å²) in [4.78, 5) is 14.4. The molecule has 2 heterocycles. The van der Waals surface area contributed by atoms with Gasteiger partial charge in [0.05, 0.1) is 11.4 Å². The van der Waals surface area contributed by atoms with Crippen molar-refractivity contribution >= 4 is 23.4 Å². The van der Waals surface area contributed by atoms with Gasteiger partial charge in [-0.3, -0.25) is 9.48 Å². The number of amides is 1. The maximum Gasteiger partial charge on any atom is 0.274 e. The lowest BCUT2D eigenvalue weighted by molar-refractivity contribution is 0.0743. The van der Waals surface area contributed by atoms with Crippen LogP contribution in [0.25, 0.3) is 0 Å². The maximum atomic E-state index is 12.5. The lowest BCUT2D eigenvalue weighted by Gasteiger charge is -2.34. The highest BCUT2D eigenvalue weighted by Gasteiger charge is 2.29. The van der Waals surface area contributed by atoms with Crippen LogP contribution in [0.3, 0.4) is 0 Å². The van der Waals surface area contributed by atoms with Gasteiger partial charge in [-0.05, 0) is 6.92 Å². The molecule has 0 aromatic carbocycles. The molecule has 6 heteroatoms. The third kappa shape index (κ3) is 2.34. The summed E-state index contributed by atoms with van der Waals surface area (Å²) in [5.41, 5.74) is 7.67. The van der Waals surface area contributed by atoms with Gasteiger partial charge in [-0.15, -0.1) is 0 Å². The monoisotopic (exact) mass is 268 g/mol. The number of anilines is 1. The van der Waals surface area contributed by atoms with Crippen molar-refractivity contribution in [2.45, 2.75) is 31.3 Å². The molecule has 1 aliphatic rings. The number of carbonyl (C=O) groups is 1. The van der Waals surface area contributed by atoms with E-state index in [4.69, 9.17) is 5.73 Å². The normalized spacial score (nSPS) is 24.3. The lowest BCUT2D eigenvalue weighted by atomic mass is 10.2. The van der Waals surface area contributed by atoms with Gasteiger partial charge >= 0.3 is 0 Å². The van der Waals surface area contributed by atoms with E-state index < -0.39 is 0 Å². The van der Waals surface area contributed by atoms with E-state index in [2.05, 4.69) is 18.9 Å². The molecule has 0 saturated carbocycles. The molecular weight excluding hydrogens is 248 g/mol. The third-order valence-corrected chi connectivity index (χ3v) is 4.41. The van der Waals surface area contributed by atoms with Crippen LogP contribution in [0.5, 0.6) is 0 Å². The number of nitrogens with two attached hydrogens (primary N) is 1. The minimum Gasteiger partial charge on any atom is -0.395 e. The lowest BCUT2D eigenvalue weighted by Crippen LogP contribution is -2.44. The van der Waals surface area contributed by atoms with E-state index in [1.165, 1.54) is 0 Å². The highest BCUT2D eigenvalue weighted by atomic mass is 32.2. The van der Waals surface area contributed by atoms with Crippen molar-refractivity contribution in [2.24, 2.45) is 7.05 Å². The second kappa shape index (κ2) is 4.84. The Hall–Kier alpha value is -1.17. The van der Waals surface area contributed by atoms with E-state index in [9.17, 15) is 4.79 Å². The fourth-order valence-corrected chi connectivity index (χ4v) is 3.75. The molecule has 2 N–H and O–H groups in total. The van der Waals surface area contributed by atoms with Gasteiger partial charge in [0.2, 0.25) is 0 Å². The molecule has 0 spiro atoms. The minimum atomic E-state index is -0.00500. The summed E-state index contributed by atoms with van der Waals surface area (Å²) in [6.07, 6.45) is 0. The molecule has 0 radical (unpaired) electrons. The maximum absolute atomic E-state index is 12.5. The molecule has 2 atom stereocenters. The van der Waals surface area contributed by atoms with Crippen LogP contribution in [0.1, 0.15) is 30.0 Å². The average molecular weight is 268 g/mol. The van der Waals surface area contributed by atoms with E-state index in [0.717, 1.165) is 13.1 Å². The summed E-state index contributed by atoms with van der Waals surface area (Å²) in [5, 5.41) is 5.14. The molecule has 5 nitrogen and oxygen atoms in total. The highest BCUT2D eigenvalue weighted by molar-refractivity contribution is 8.00. The quantitative estimate of drug-likeness (QED) is 0.833. The second-order valence-corrected chi connectivity index (χ2v) is 6.82. The third-order valence-electron chi connectivity index (χ3n) is 3.18. The molecule has 2 unspecified atom stereocenters. The number of hydrogen-bond donors (Lipinski definition) is 1. The van der Waals surface area contributed by atoms with Crippen molar-refractivity contribution < 1.29 is 4.79 Å². The van der Waals surface area contributed by atoms with Crippen molar-refractivity contribution in [3.63, 3.8) is 0 Å². The summed E-state index contributed by atoms with van der Waals surface area (Å²) < 4.78 is 1.59. The smallest absolute Gasteiger partial charge is 0.274 e. The molecule has 1 aromatic rings. The number of aryl methyl sites for hydroxylation is 2. The molecule has 18 heavy (non-hydrogen) atoms. The van der Waals surface area contributed by atoms with Crippen molar-refractivity contribution in [3.05, 3.63) is 11.4 Å². The van der Waals surface area contributed by atoms with Gasteiger partial charge < -0.3 is 10.6 Å². The van der Waals surface area contributed by atoms with Crippen molar-refractivity contribution in [2.75, 3.05) is 18.8 Å². The molecule has 1 fully saturated rings. The molecule has 100 valence electrons. The molecule has 0 aliphatic carbocycles. The average Bonchev–Trinajstić information content (AvgIpc) is 2.51. The van der Waals surface area contributed by atoms with Crippen molar-refractivity contribution in [3.8, 4) is 0 Å². The van der Waals surface area contributed by atoms with Gasteiger partial charge in [-0.25, -0.2) is 0 Å². The van der Waals surface area contributed by atoms with Gasteiger partial charge in [0.15, 0.2) is 0 Å². The predicted octanol–water partition coefficient (Wildman–Crippen LogP) is 1.28. The fourth-order valence-electron chi connectivity index (χ4n) is 2.42. The Morgan fingerprint density at radius 2 is 1.94 bits per heavy atom. The molecule has 1 aromatic heterocycles. The Morgan fingerprint density at radius 3 is 2.39 bits per heavy atom. The van der Waals surface area contributed by atoms with Crippen LogP contribution in [-0.2, 0) is 7.05 Å². The zero-order valence-corrected chi connectivity index (χ0v) is 12.1. The predicted molar refractivity (Wildman–Crippen MR) is 74.8 cm³/mol. The minimum absolute atomic E-state index is 0.00500. The number of thioether (sulfide) groups is 1. The van der Waals surface area contributed by atoms with E-state index in [1.807, 2.05) is 23.6 Å². The first-order valence-corrected chi connectivity index (χ1v) is 7.08. The Labute approximate surface area is 112 Å². The first kappa shape index (κ1) is 13.3. The van der Waals surface area contributed by atoms with Gasteiger partial charge in [0.25, 0.3) is 5.91 Å². The summed E-state index contributed by atoms with van der Waals surface area (Å²) in [6.45, 7) is 7.68. The van der Waals surface area contributed by atoms with Crippen LogP contribution in [0.2, 0.25) is 0 Å². The van der Waals surface area contributed by atoms with Crippen molar-refractivity contribution in [1.82, 2.24) is 14.7 Å². The summed E-state index contributed by atoms with van der Waals surface area (Å²) >= 11 is 1.92. The summed E-state index contributed by atoms with van der Waals surface area (Å²) in [7, 11) is 1.77. The summed E-state index contributed by atoms with van der Waals surface area (Å²) in [5.74, 6) is -0.00500. The van der Waals surface area contributed by atoms with Gasteiger partial charge in [-0.2, -0.15) is 16.9 Å². The standard InChI is InChI=1S/C12H20N4OS/c1-7-5-16(6-8(2)18-7)12(17)11-10(13)9(3)14-15(11)4/h7-8H,5-6,13H2,1-4H3. The van der Waals surface area contributed by atoms with Crippen LogP contribution >= 0.6 is 11.8 Å². The highest BCUT2D eigenvalue weighted by Crippen LogP contribution is 2.27. The van der Waals surface area contributed by atoms with Crippen LogP contribution in [0, 0.1) is 6.92 Å².